The molecule has 0 amide bonds. The lowest BCUT2D eigenvalue weighted by Crippen LogP contribution is -2.57. The molecule has 0 saturated carbocycles. The van der Waals surface area contributed by atoms with Gasteiger partial charge in [-0.3, -0.25) is 4.90 Å². The fourth-order valence-electron chi connectivity index (χ4n) is 2.16. The molecular formula is C14H20Cl2N2S. The summed E-state index contributed by atoms with van der Waals surface area (Å²) in [6.45, 7) is 6.77. The molecular weight excluding hydrogens is 299 g/mol. The van der Waals surface area contributed by atoms with Crippen LogP contribution in [0.5, 0.6) is 0 Å². The summed E-state index contributed by atoms with van der Waals surface area (Å²) in [5.74, 6) is 1.05. The Bertz CT molecular complexity index is 410. The topological polar surface area (TPSA) is 15.3 Å². The second-order valence-electron chi connectivity index (χ2n) is 4.77. The predicted octanol–water partition coefficient (Wildman–Crippen LogP) is 3.77. The Labute approximate surface area is 129 Å². The standard InChI is InChI=1S/C14H20Cl2N2S/c1-2-5-18(12-9-17-10-12)6-7-19-14-8-11(15)3-4-13(14)16/h3-4,8,12,17H,2,5-7,9-10H2,1H3. The second kappa shape index (κ2) is 7.75. The van der Waals surface area contributed by atoms with Gasteiger partial charge in [-0.1, -0.05) is 30.1 Å². The quantitative estimate of drug-likeness (QED) is 0.770. The molecule has 1 heterocycles. The molecule has 0 bridgehead atoms. The molecule has 2 rings (SSSR count). The van der Waals surface area contributed by atoms with Crippen molar-refractivity contribution in [1.82, 2.24) is 10.2 Å². The molecule has 1 fully saturated rings. The highest BCUT2D eigenvalue weighted by Gasteiger charge is 2.23. The molecule has 0 unspecified atom stereocenters. The smallest absolute Gasteiger partial charge is 0.0542 e. The van der Waals surface area contributed by atoms with Crippen LogP contribution in [0.25, 0.3) is 0 Å². The van der Waals surface area contributed by atoms with E-state index in [2.05, 4.69) is 17.1 Å². The normalized spacial score (nSPS) is 15.8. The van der Waals surface area contributed by atoms with Crippen LogP contribution in [0, 0.1) is 0 Å². The second-order valence-corrected chi connectivity index (χ2v) is 6.75. The molecule has 0 aliphatic carbocycles. The largest absolute Gasteiger partial charge is 0.314 e. The number of rotatable bonds is 7. The zero-order valence-corrected chi connectivity index (χ0v) is 13.5. The summed E-state index contributed by atoms with van der Waals surface area (Å²) < 4.78 is 0. The summed E-state index contributed by atoms with van der Waals surface area (Å²) >= 11 is 14.0. The lowest BCUT2D eigenvalue weighted by atomic mass is 10.1. The Kier molecular flexibility index (Phi) is 6.30. The summed E-state index contributed by atoms with van der Waals surface area (Å²) in [5, 5.41) is 4.88. The van der Waals surface area contributed by atoms with Crippen molar-refractivity contribution in [1.29, 1.82) is 0 Å². The number of hydrogen-bond acceptors (Lipinski definition) is 3. The molecule has 1 N–H and O–H groups in total. The van der Waals surface area contributed by atoms with Crippen molar-refractivity contribution >= 4 is 35.0 Å². The van der Waals surface area contributed by atoms with E-state index in [1.807, 2.05) is 18.2 Å². The molecule has 19 heavy (non-hydrogen) atoms. The van der Waals surface area contributed by atoms with Gasteiger partial charge >= 0.3 is 0 Å². The van der Waals surface area contributed by atoms with E-state index in [4.69, 9.17) is 23.2 Å². The maximum absolute atomic E-state index is 6.17. The lowest BCUT2D eigenvalue weighted by molar-refractivity contribution is 0.154. The Morgan fingerprint density at radius 2 is 2.11 bits per heavy atom. The van der Waals surface area contributed by atoms with Crippen molar-refractivity contribution in [2.45, 2.75) is 24.3 Å². The first-order chi connectivity index (χ1) is 9.20. The van der Waals surface area contributed by atoms with Gasteiger partial charge in [0.2, 0.25) is 0 Å². The predicted molar refractivity (Wildman–Crippen MR) is 85.7 cm³/mol. The molecule has 0 spiro atoms. The Hall–Kier alpha value is 0.0700. The highest BCUT2D eigenvalue weighted by molar-refractivity contribution is 7.99. The van der Waals surface area contributed by atoms with Gasteiger partial charge in [0.25, 0.3) is 0 Å². The summed E-state index contributed by atoms with van der Waals surface area (Å²) in [7, 11) is 0. The molecule has 0 atom stereocenters. The Balaban J connectivity index is 1.82. The number of hydrogen-bond donors (Lipinski definition) is 1. The van der Waals surface area contributed by atoms with Crippen molar-refractivity contribution in [3.8, 4) is 0 Å². The van der Waals surface area contributed by atoms with Crippen LogP contribution in [-0.2, 0) is 0 Å². The van der Waals surface area contributed by atoms with Crippen LogP contribution >= 0.6 is 35.0 Å². The number of thioether (sulfide) groups is 1. The Morgan fingerprint density at radius 1 is 1.32 bits per heavy atom. The van der Waals surface area contributed by atoms with E-state index in [0.29, 0.717) is 0 Å². The maximum Gasteiger partial charge on any atom is 0.0542 e. The summed E-state index contributed by atoms with van der Waals surface area (Å²) in [4.78, 5) is 3.65. The lowest BCUT2D eigenvalue weighted by Gasteiger charge is -2.38. The van der Waals surface area contributed by atoms with Gasteiger partial charge < -0.3 is 5.32 Å². The minimum absolute atomic E-state index is 0.718. The number of benzene rings is 1. The molecule has 1 aromatic carbocycles. The van der Waals surface area contributed by atoms with Crippen molar-refractivity contribution in [3.05, 3.63) is 28.2 Å². The molecule has 0 radical (unpaired) electrons. The van der Waals surface area contributed by atoms with Gasteiger partial charge in [-0.05, 0) is 31.2 Å². The fraction of sp³-hybridized carbons (Fsp3) is 0.571. The summed E-state index contributed by atoms with van der Waals surface area (Å²) in [6, 6.07) is 6.36. The van der Waals surface area contributed by atoms with Crippen molar-refractivity contribution < 1.29 is 0 Å². The van der Waals surface area contributed by atoms with Crippen LogP contribution in [0.15, 0.2) is 23.1 Å². The minimum Gasteiger partial charge on any atom is -0.314 e. The summed E-state index contributed by atoms with van der Waals surface area (Å²) in [6.07, 6.45) is 1.21. The molecule has 1 aromatic rings. The zero-order chi connectivity index (χ0) is 13.7. The van der Waals surface area contributed by atoms with E-state index >= 15 is 0 Å². The van der Waals surface area contributed by atoms with E-state index in [0.717, 1.165) is 46.4 Å². The number of nitrogens with zero attached hydrogens (tertiary/aromatic N) is 1. The maximum atomic E-state index is 6.17. The van der Waals surface area contributed by atoms with E-state index in [9.17, 15) is 0 Å². The third-order valence-electron chi connectivity index (χ3n) is 3.32. The van der Waals surface area contributed by atoms with Gasteiger partial charge in [-0.25, -0.2) is 0 Å². The SMILES string of the molecule is CCCN(CCSc1cc(Cl)ccc1Cl)C1CNC1. The van der Waals surface area contributed by atoms with Crippen LogP contribution in [0.2, 0.25) is 10.0 Å². The van der Waals surface area contributed by atoms with Crippen molar-refractivity contribution in [3.63, 3.8) is 0 Å². The van der Waals surface area contributed by atoms with Gasteiger partial charge in [0.15, 0.2) is 0 Å². The van der Waals surface area contributed by atoms with Gasteiger partial charge in [0.1, 0.15) is 0 Å². The number of halogens is 2. The molecule has 5 heteroatoms. The Morgan fingerprint density at radius 3 is 2.74 bits per heavy atom. The van der Waals surface area contributed by atoms with Crippen LogP contribution in [0.4, 0.5) is 0 Å². The first-order valence-corrected chi connectivity index (χ1v) is 8.47. The fourth-order valence-corrected chi connectivity index (χ4v) is 3.64. The van der Waals surface area contributed by atoms with E-state index in [1.165, 1.54) is 13.0 Å². The first kappa shape index (κ1) is 15.5. The highest BCUT2D eigenvalue weighted by Crippen LogP contribution is 2.29. The molecule has 1 aliphatic heterocycles. The van der Waals surface area contributed by atoms with Crippen molar-refractivity contribution in [2.75, 3.05) is 31.9 Å². The minimum atomic E-state index is 0.718. The zero-order valence-electron chi connectivity index (χ0n) is 11.2. The summed E-state index contributed by atoms with van der Waals surface area (Å²) in [5.41, 5.74) is 0. The van der Waals surface area contributed by atoms with Crippen LogP contribution < -0.4 is 5.32 Å². The van der Waals surface area contributed by atoms with Crippen molar-refractivity contribution in [2.24, 2.45) is 0 Å². The van der Waals surface area contributed by atoms with E-state index in [1.54, 1.807) is 11.8 Å². The van der Waals surface area contributed by atoms with Gasteiger partial charge in [-0.2, -0.15) is 0 Å². The molecule has 0 aromatic heterocycles. The van der Waals surface area contributed by atoms with Crippen LogP contribution in [0.3, 0.4) is 0 Å². The van der Waals surface area contributed by atoms with E-state index in [-0.39, 0.29) is 0 Å². The van der Waals surface area contributed by atoms with E-state index < -0.39 is 0 Å². The highest BCUT2D eigenvalue weighted by atomic mass is 35.5. The van der Waals surface area contributed by atoms with Gasteiger partial charge in [0, 0.05) is 41.3 Å². The monoisotopic (exact) mass is 318 g/mol. The molecule has 1 saturated heterocycles. The van der Waals surface area contributed by atoms with Crippen LogP contribution in [0.1, 0.15) is 13.3 Å². The average molecular weight is 319 g/mol. The van der Waals surface area contributed by atoms with Gasteiger partial charge in [0.05, 0.1) is 5.02 Å². The molecule has 2 nitrogen and oxygen atoms in total. The number of nitrogens with one attached hydrogen (secondary N) is 1. The third-order valence-corrected chi connectivity index (χ3v) is 5.03. The first-order valence-electron chi connectivity index (χ1n) is 6.73. The molecule has 106 valence electrons. The van der Waals surface area contributed by atoms with Crippen LogP contribution in [-0.4, -0.2) is 42.9 Å². The van der Waals surface area contributed by atoms with Gasteiger partial charge in [-0.15, -0.1) is 11.8 Å². The third kappa shape index (κ3) is 4.54. The molecule has 1 aliphatic rings. The average Bonchev–Trinajstić information content (AvgIpc) is 2.31.